The van der Waals surface area contributed by atoms with Gasteiger partial charge in [0, 0.05) is 22.5 Å². The Morgan fingerprint density at radius 1 is 1.39 bits per heavy atom. The summed E-state index contributed by atoms with van der Waals surface area (Å²) in [6, 6.07) is 3.89. The summed E-state index contributed by atoms with van der Waals surface area (Å²) in [5.41, 5.74) is 2.97. The molecule has 0 bridgehead atoms. The van der Waals surface area contributed by atoms with Crippen LogP contribution in [0.3, 0.4) is 0 Å². The number of aryl methyl sites for hydroxylation is 1. The molecule has 0 spiro atoms. The zero-order valence-electron chi connectivity index (χ0n) is 11.6. The third-order valence-corrected chi connectivity index (χ3v) is 2.86. The Labute approximate surface area is 114 Å². The molecule has 0 amide bonds. The van der Waals surface area contributed by atoms with Gasteiger partial charge in [-0.2, -0.15) is 0 Å². The van der Waals surface area contributed by atoms with Gasteiger partial charge in [0.15, 0.2) is 0 Å². The summed E-state index contributed by atoms with van der Waals surface area (Å²) >= 11 is 6.20. The fourth-order valence-corrected chi connectivity index (χ4v) is 1.53. The van der Waals surface area contributed by atoms with E-state index in [0.29, 0.717) is 5.03 Å². The molecule has 0 fully saturated rings. The van der Waals surface area contributed by atoms with Gasteiger partial charge >= 0.3 is 0 Å². The van der Waals surface area contributed by atoms with Gasteiger partial charge < -0.3 is 4.74 Å². The maximum Gasteiger partial charge on any atom is 0.130 e. The molecule has 1 heterocycles. The van der Waals surface area contributed by atoms with Gasteiger partial charge in [-0.1, -0.05) is 17.2 Å². The summed E-state index contributed by atoms with van der Waals surface area (Å²) in [4.78, 5) is 4.28. The SMILES string of the molecule is CC(C)=C(Cl)/C=C(/OC(C)C)c1cccnc1C. The average molecular weight is 266 g/mol. The van der Waals surface area contributed by atoms with Crippen molar-refractivity contribution in [1.29, 1.82) is 0 Å². The van der Waals surface area contributed by atoms with Crippen LogP contribution in [0, 0.1) is 6.92 Å². The van der Waals surface area contributed by atoms with Gasteiger partial charge in [-0.05, 0) is 52.8 Å². The van der Waals surface area contributed by atoms with Crippen LogP contribution in [0.15, 0.2) is 35.0 Å². The minimum absolute atomic E-state index is 0.0949. The average Bonchev–Trinajstić information content (AvgIpc) is 2.28. The van der Waals surface area contributed by atoms with Gasteiger partial charge in [-0.15, -0.1) is 0 Å². The maximum absolute atomic E-state index is 6.20. The molecular formula is C15H20ClNO. The van der Waals surface area contributed by atoms with Crippen LogP contribution in [0.1, 0.15) is 39.0 Å². The van der Waals surface area contributed by atoms with Crippen LogP contribution in [0.5, 0.6) is 0 Å². The molecule has 0 aromatic carbocycles. The number of allylic oxidation sites excluding steroid dienone is 3. The topological polar surface area (TPSA) is 22.1 Å². The predicted molar refractivity (Wildman–Crippen MR) is 77.4 cm³/mol. The largest absolute Gasteiger partial charge is 0.490 e. The summed E-state index contributed by atoms with van der Waals surface area (Å²) in [6.45, 7) is 9.90. The summed E-state index contributed by atoms with van der Waals surface area (Å²) < 4.78 is 5.84. The van der Waals surface area contributed by atoms with Gasteiger partial charge in [-0.25, -0.2) is 0 Å². The summed E-state index contributed by atoms with van der Waals surface area (Å²) in [6.07, 6.45) is 3.73. The Kier molecular flexibility index (Phi) is 5.42. The minimum atomic E-state index is 0.0949. The van der Waals surface area contributed by atoms with Crippen LogP contribution in [0.4, 0.5) is 0 Å². The molecular weight excluding hydrogens is 246 g/mol. The maximum atomic E-state index is 6.20. The van der Waals surface area contributed by atoms with E-state index in [1.165, 1.54) is 0 Å². The molecule has 0 saturated carbocycles. The quantitative estimate of drug-likeness (QED) is 0.582. The van der Waals surface area contributed by atoms with Crippen LogP contribution in [-0.2, 0) is 4.74 Å². The van der Waals surface area contributed by atoms with Crippen molar-refractivity contribution in [2.75, 3.05) is 0 Å². The molecule has 1 aromatic heterocycles. The Bertz CT molecular complexity index is 471. The number of halogens is 1. The summed E-state index contributed by atoms with van der Waals surface area (Å²) in [7, 11) is 0. The number of nitrogens with zero attached hydrogens (tertiary/aromatic N) is 1. The monoisotopic (exact) mass is 265 g/mol. The molecule has 1 aromatic rings. The van der Waals surface area contributed by atoms with E-state index in [2.05, 4.69) is 4.98 Å². The molecule has 0 aliphatic carbocycles. The van der Waals surface area contributed by atoms with Crippen LogP contribution in [0.2, 0.25) is 0 Å². The molecule has 3 heteroatoms. The predicted octanol–water partition coefficient (Wildman–Crippen LogP) is 4.69. The highest BCUT2D eigenvalue weighted by Gasteiger charge is 2.09. The number of hydrogen-bond donors (Lipinski definition) is 0. The summed E-state index contributed by atoms with van der Waals surface area (Å²) in [5.74, 6) is 0.766. The van der Waals surface area contributed by atoms with Gasteiger partial charge in [-0.3, -0.25) is 4.98 Å². The number of pyridine rings is 1. The van der Waals surface area contributed by atoms with Crippen molar-refractivity contribution in [3.63, 3.8) is 0 Å². The van der Waals surface area contributed by atoms with E-state index in [1.807, 2.05) is 52.8 Å². The normalized spacial score (nSPS) is 11.6. The van der Waals surface area contributed by atoms with Crippen molar-refractivity contribution >= 4 is 17.4 Å². The second-order valence-electron chi connectivity index (χ2n) is 4.66. The molecule has 0 aliphatic heterocycles. The first-order valence-corrected chi connectivity index (χ1v) is 6.43. The van der Waals surface area contributed by atoms with Crippen LogP contribution >= 0.6 is 11.6 Å². The van der Waals surface area contributed by atoms with E-state index in [-0.39, 0.29) is 6.10 Å². The standard InChI is InChI=1S/C15H20ClNO/c1-10(2)14(16)9-15(18-11(3)4)13-7-6-8-17-12(13)5/h6-9,11H,1-5H3/b15-9+. The van der Waals surface area contributed by atoms with Crippen molar-refractivity contribution in [2.45, 2.75) is 40.7 Å². The Morgan fingerprint density at radius 3 is 2.56 bits per heavy atom. The summed E-state index contributed by atoms with van der Waals surface area (Å²) in [5, 5.41) is 0.703. The minimum Gasteiger partial charge on any atom is -0.490 e. The van der Waals surface area contributed by atoms with E-state index < -0.39 is 0 Å². The van der Waals surface area contributed by atoms with Crippen molar-refractivity contribution in [3.05, 3.63) is 46.3 Å². The third kappa shape index (κ3) is 4.19. The highest BCUT2D eigenvalue weighted by atomic mass is 35.5. The highest BCUT2D eigenvalue weighted by Crippen LogP contribution is 2.24. The molecule has 98 valence electrons. The molecule has 2 nitrogen and oxygen atoms in total. The molecule has 18 heavy (non-hydrogen) atoms. The van der Waals surface area contributed by atoms with E-state index in [1.54, 1.807) is 6.20 Å². The third-order valence-electron chi connectivity index (χ3n) is 2.37. The van der Waals surface area contributed by atoms with E-state index in [9.17, 15) is 0 Å². The van der Waals surface area contributed by atoms with Crippen LogP contribution in [-0.4, -0.2) is 11.1 Å². The smallest absolute Gasteiger partial charge is 0.130 e. The lowest BCUT2D eigenvalue weighted by molar-refractivity contribution is 0.204. The molecule has 0 N–H and O–H groups in total. The molecule has 0 unspecified atom stereocenters. The first-order valence-electron chi connectivity index (χ1n) is 6.05. The van der Waals surface area contributed by atoms with Gasteiger partial charge in [0.25, 0.3) is 0 Å². The molecule has 0 atom stereocenters. The Balaban J connectivity index is 3.23. The van der Waals surface area contributed by atoms with Gasteiger partial charge in [0.1, 0.15) is 5.76 Å². The number of aromatic nitrogens is 1. The van der Waals surface area contributed by atoms with Crippen LogP contribution < -0.4 is 0 Å². The van der Waals surface area contributed by atoms with Gasteiger partial charge in [0.05, 0.1) is 6.10 Å². The zero-order chi connectivity index (χ0) is 13.7. The number of rotatable bonds is 4. The van der Waals surface area contributed by atoms with Crippen molar-refractivity contribution in [3.8, 4) is 0 Å². The van der Waals surface area contributed by atoms with Crippen molar-refractivity contribution in [1.82, 2.24) is 4.98 Å². The number of hydrogen-bond acceptors (Lipinski definition) is 2. The lowest BCUT2D eigenvalue weighted by Gasteiger charge is -2.15. The first kappa shape index (κ1) is 14.8. The lowest BCUT2D eigenvalue weighted by atomic mass is 10.1. The van der Waals surface area contributed by atoms with Crippen molar-refractivity contribution < 1.29 is 4.74 Å². The number of ether oxygens (including phenoxy) is 1. The molecule has 1 rings (SSSR count). The Morgan fingerprint density at radius 2 is 2.06 bits per heavy atom. The molecule has 0 aliphatic rings. The Hall–Kier alpha value is -1.28. The van der Waals surface area contributed by atoms with E-state index >= 15 is 0 Å². The van der Waals surface area contributed by atoms with Gasteiger partial charge in [0.2, 0.25) is 0 Å². The molecule has 0 radical (unpaired) electrons. The zero-order valence-corrected chi connectivity index (χ0v) is 12.4. The van der Waals surface area contributed by atoms with Crippen LogP contribution in [0.25, 0.3) is 5.76 Å². The first-order chi connectivity index (χ1) is 8.41. The lowest BCUT2D eigenvalue weighted by Crippen LogP contribution is -2.04. The van der Waals surface area contributed by atoms with Crippen molar-refractivity contribution in [2.24, 2.45) is 0 Å². The fourth-order valence-electron chi connectivity index (χ4n) is 1.43. The second kappa shape index (κ2) is 6.60. The highest BCUT2D eigenvalue weighted by molar-refractivity contribution is 6.32. The molecule has 0 saturated heterocycles. The van der Waals surface area contributed by atoms with E-state index in [4.69, 9.17) is 16.3 Å². The second-order valence-corrected chi connectivity index (χ2v) is 5.07. The van der Waals surface area contributed by atoms with E-state index in [0.717, 1.165) is 22.6 Å². The fraction of sp³-hybridized carbons (Fsp3) is 0.400.